The number of esters is 1. The molecular formula is C11H18N4O2S. The predicted molar refractivity (Wildman–Crippen MR) is 70.8 cm³/mol. The average molecular weight is 270 g/mol. The normalized spacial score (nSPS) is 18.7. The fourth-order valence-electron chi connectivity index (χ4n) is 2.13. The van der Waals surface area contributed by atoms with Gasteiger partial charge in [-0.1, -0.05) is 0 Å². The number of methoxy groups -OCH3 is 1. The van der Waals surface area contributed by atoms with Gasteiger partial charge in [0.15, 0.2) is 5.13 Å². The molecule has 1 aromatic heterocycles. The highest BCUT2D eigenvalue weighted by molar-refractivity contribution is 7.13. The molecular weight excluding hydrogens is 252 g/mol. The van der Waals surface area contributed by atoms with Crippen LogP contribution in [0.15, 0.2) is 11.6 Å². The van der Waals surface area contributed by atoms with Gasteiger partial charge in [-0.25, -0.2) is 4.98 Å². The minimum absolute atomic E-state index is 0.250. The molecule has 0 spiro atoms. The van der Waals surface area contributed by atoms with E-state index in [0.717, 1.165) is 31.3 Å². The molecule has 0 aliphatic carbocycles. The van der Waals surface area contributed by atoms with E-state index in [2.05, 4.69) is 14.8 Å². The second-order valence-electron chi connectivity index (χ2n) is 4.11. The van der Waals surface area contributed by atoms with E-state index >= 15 is 0 Å². The first-order chi connectivity index (χ1) is 8.76. The lowest BCUT2D eigenvalue weighted by Gasteiger charge is -2.37. The fraction of sp³-hybridized carbons (Fsp3) is 0.636. The molecule has 0 bridgehead atoms. The number of carbonyl (C=O) groups is 1. The van der Waals surface area contributed by atoms with Gasteiger partial charge in [0, 0.05) is 44.3 Å². The van der Waals surface area contributed by atoms with Gasteiger partial charge in [0.2, 0.25) is 0 Å². The first kappa shape index (κ1) is 13.3. The lowest BCUT2D eigenvalue weighted by Crippen LogP contribution is -2.55. The molecule has 6 nitrogen and oxygen atoms in total. The van der Waals surface area contributed by atoms with Crippen molar-refractivity contribution in [2.45, 2.75) is 6.04 Å². The standard InChI is InChI=1S/C11H18N4O2S/c1-17-10(16)9(8-12)14-3-5-15(6-4-14)11-13-2-7-18-11/h2,7,9H,3-6,8,12H2,1H3. The highest BCUT2D eigenvalue weighted by atomic mass is 32.1. The summed E-state index contributed by atoms with van der Waals surface area (Å²) < 4.78 is 4.77. The molecule has 1 unspecified atom stereocenters. The predicted octanol–water partition coefficient (Wildman–Crippen LogP) is -0.235. The van der Waals surface area contributed by atoms with Crippen LogP contribution >= 0.6 is 11.3 Å². The van der Waals surface area contributed by atoms with E-state index in [1.54, 1.807) is 11.3 Å². The zero-order chi connectivity index (χ0) is 13.0. The Labute approximate surface area is 110 Å². The topological polar surface area (TPSA) is 71.7 Å². The summed E-state index contributed by atoms with van der Waals surface area (Å²) in [5, 5.41) is 3.01. The number of carbonyl (C=O) groups excluding carboxylic acids is 1. The number of rotatable bonds is 4. The smallest absolute Gasteiger partial charge is 0.324 e. The molecule has 2 N–H and O–H groups in total. The van der Waals surface area contributed by atoms with Crippen molar-refractivity contribution < 1.29 is 9.53 Å². The van der Waals surface area contributed by atoms with Crippen LogP contribution in [-0.2, 0) is 9.53 Å². The van der Waals surface area contributed by atoms with Crippen LogP contribution in [-0.4, -0.2) is 61.7 Å². The van der Waals surface area contributed by atoms with E-state index in [1.165, 1.54) is 7.11 Å². The van der Waals surface area contributed by atoms with Gasteiger partial charge in [0.1, 0.15) is 6.04 Å². The van der Waals surface area contributed by atoms with Gasteiger partial charge in [0.25, 0.3) is 0 Å². The first-order valence-electron chi connectivity index (χ1n) is 5.92. The number of hydrogen-bond donors (Lipinski definition) is 1. The van der Waals surface area contributed by atoms with Crippen LogP contribution in [0.1, 0.15) is 0 Å². The van der Waals surface area contributed by atoms with E-state index in [1.807, 2.05) is 11.6 Å². The van der Waals surface area contributed by atoms with Gasteiger partial charge < -0.3 is 15.4 Å². The molecule has 1 atom stereocenters. The Morgan fingerprint density at radius 3 is 2.78 bits per heavy atom. The zero-order valence-corrected chi connectivity index (χ0v) is 11.2. The molecule has 2 heterocycles. The second-order valence-corrected chi connectivity index (χ2v) is 4.99. The van der Waals surface area contributed by atoms with Crippen molar-refractivity contribution in [3.63, 3.8) is 0 Å². The maximum atomic E-state index is 11.6. The van der Waals surface area contributed by atoms with Gasteiger partial charge >= 0.3 is 5.97 Å². The lowest BCUT2D eigenvalue weighted by atomic mass is 10.2. The van der Waals surface area contributed by atoms with E-state index in [4.69, 9.17) is 10.5 Å². The summed E-state index contributed by atoms with van der Waals surface area (Å²) in [6.45, 7) is 3.62. The Bertz CT molecular complexity index is 376. The number of ether oxygens (including phenoxy) is 1. The molecule has 0 saturated carbocycles. The van der Waals surface area contributed by atoms with E-state index in [9.17, 15) is 4.79 Å². The van der Waals surface area contributed by atoms with Crippen molar-refractivity contribution in [2.24, 2.45) is 5.73 Å². The molecule has 0 amide bonds. The third-order valence-electron chi connectivity index (χ3n) is 3.14. The van der Waals surface area contributed by atoms with Crippen LogP contribution in [0.25, 0.3) is 0 Å². The Kier molecular flexibility index (Phi) is 4.51. The molecule has 1 aromatic rings. The first-order valence-corrected chi connectivity index (χ1v) is 6.80. The summed E-state index contributed by atoms with van der Waals surface area (Å²) >= 11 is 1.64. The number of nitrogens with zero attached hydrogens (tertiary/aromatic N) is 3. The molecule has 0 radical (unpaired) electrons. The molecule has 1 aliphatic rings. The maximum absolute atomic E-state index is 11.6. The Morgan fingerprint density at radius 1 is 1.56 bits per heavy atom. The third kappa shape index (κ3) is 2.80. The minimum Gasteiger partial charge on any atom is -0.468 e. The van der Waals surface area contributed by atoms with E-state index < -0.39 is 0 Å². The lowest BCUT2D eigenvalue weighted by molar-refractivity contribution is -0.146. The third-order valence-corrected chi connectivity index (χ3v) is 3.97. The number of thiazole rings is 1. The van der Waals surface area contributed by atoms with E-state index in [0.29, 0.717) is 6.54 Å². The molecule has 1 aliphatic heterocycles. The van der Waals surface area contributed by atoms with Gasteiger partial charge in [0.05, 0.1) is 7.11 Å². The Balaban J connectivity index is 1.91. The van der Waals surface area contributed by atoms with Gasteiger partial charge in [-0.3, -0.25) is 9.69 Å². The summed E-state index contributed by atoms with van der Waals surface area (Å²) in [5.41, 5.74) is 5.64. The molecule has 7 heteroatoms. The Morgan fingerprint density at radius 2 is 2.28 bits per heavy atom. The van der Waals surface area contributed by atoms with Gasteiger partial charge in [-0.05, 0) is 0 Å². The molecule has 18 heavy (non-hydrogen) atoms. The summed E-state index contributed by atoms with van der Waals surface area (Å²) in [6, 6.07) is -0.326. The van der Waals surface area contributed by atoms with Gasteiger partial charge in [-0.15, -0.1) is 11.3 Å². The number of aromatic nitrogens is 1. The SMILES string of the molecule is COC(=O)C(CN)N1CCN(c2nccs2)CC1. The highest BCUT2D eigenvalue weighted by Gasteiger charge is 2.29. The van der Waals surface area contributed by atoms with Gasteiger partial charge in [-0.2, -0.15) is 0 Å². The maximum Gasteiger partial charge on any atom is 0.324 e. The van der Waals surface area contributed by atoms with Crippen molar-refractivity contribution in [2.75, 3.05) is 44.7 Å². The van der Waals surface area contributed by atoms with Crippen LogP contribution in [0.4, 0.5) is 5.13 Å². The summed E-state index contributed by atoms with van der Waals surface area (Å²) in [5.74, 6) is -0.250. The summed E-state index contributed by atoms with van der Waals surface area (Å²) in [7, 11) is 1.40. The fourth-order valence-corrected chi connectivity index (χ4v) is 2.82. The zero-order valence-electron chi connectivity index (χ0n) is 10.4. The second kappa shape index (κ2) is 6.12. The van der Waals surface area contributed by atoms with Crippen LogP contribution in [0.3, 0.4) is 0 Å². The molecule has 1 fully saturated rings. The monoisotopic (exact) mass is 270 g/mol. The van der Waals surface area contributed by atoms with Crippen molar-refractivity contribution in [1.82, 2.24) is 9.88 Å². The Hall–Kier alpha value is -1.18. The largest absolute Gasteiger partial charge is 0.468 e. The number of hydrogen-bond acceptors (Lipinski definition) is 7. The summed E-state index contributed by atoms with van der Waals surface area (Å²) in [4.78, 5) is 20.2. The van der Waals surface area contributed by atoms with Crippen LogP contribution in [0.2, 0.25) is 0 Å². The van der Waals surface area contributed by atoms with Crippen molar-refractivity contribution in [3.05, 3.63) is 11.6 Å². The average Bonchev–Trinajstić information content (AvgIpc) is 2.94. The quantitative estimate of drug-likeness (QED) is 0.762. The van der Waals surface area contributed by atoms with Crippen molar-refractivity contribution >= 4 is 22.4 Å². The molecule has 100 valence electrons. The minimum atomic E-state index is -0.326. The number of nitrogens with two attached hydrogens (primary N) is 1. The number of piperazine rings is 1. The van der Waals surface area contributed by atoms with Crippen molar-refractivity contribution in [3.8, 4) is 0 Å². The number of anilines is 1. The highest BCUT2D eigenvalue weighted by Crippen LogP contribution is 2.19. The molecule has 1 saturated heterocycles. The summed E-state index contributed by atoms with van der Waals surface area (Å²) in [6.07, 6.45) is 1.81. The van der Waals surface area contributed by atoms with Crippen LogP contribution < -0.4 is 10.6 Å². The molecule has 2 rings (SSSR count). The van der Waals surface area contributed by atoms with Crippen LogP contribution in [0, 0.1) is 0 Å². The van der Waals surface area contributed by atoms with E-state index in [-0.39, 0.29) is 12.0 Å². The molecule has 0 aromatic carbocycles. The van der Waals surface area contributed by atoms with Crippen molar-refractivity contribution in [1.29, 1.82) is 0 Å². The van der Waals surface area contributed by atoms with Crippen LogP contribution in [0.5, 0.6) is 0 Å².